The molecule has 1 heterocycles. The fourth-order valence-electron chi connectivity index (χ4n) is 1.71. The fourth-order valence-corrected chi connectivity index (χ4v) is 1.71. The smallest absolute Gasteiger partial charge is 0.108 e. The van der Waals surface area contributed by atoms with Gasteiger partial charge < -0.3 is 14.6 Å². The third-order valence-electron chi connectivity index (χ3n) is 2.60. The zero-order valence-corrected chi connectivity index (χ0v) is 8.53. The van der Waals surface area contributed by atoms with Gasteiger partial charge in [0, 0.05) is 13.2 Å². The van der Waals surface area contributed by atoms with Gasteiger partial charge in [0.15, 0.2) is 0 Å². The molecule has 1 fully saturated rings. The molecule has 78 valence electrons. The van der Waals surface area contributed by atoms with Gasteiger partial charge in [-0.3, -0.25) is 0 Å². The van der Waals surface area contributed by atoms with E-state index >= 15 is 0 Å². The van der Waals surface area contributed by atoms with E-state index in [1.54, 1.807) is 0 Å². The SMILES string of the molecule is CCOCC1OC1C(CC)CCO. The molecule has 3 heteroatoms. The van der Waals surface area contributed by atoms with Gasteiger partial charge in [0.05, 0.1) is 12.7 Å². The van der Waals surface area contributed by atoms with Crippen molar-refractivity contribution in [2.75, 3.05) is 19.8 Å². The Labute approximate surface area is 80.0 Å². The molecule has 0 bridgehead atoms. The van der Waals surface area contributed by atoms with Gasteiger partial charge in [-0.15, -0.1) is 0 Å². The molecule has 0 saturated carbocycles. The zero-order valence-electron chi connectivity index (χ0n) is 8.53. The molecule has 1 aliphatic rings. The van der Waals surface area contributed by atoms with Crippen molar-refractivity contribution >= 4 is 0 Å². The number of hydrogen-bond donors (Lipinski definition) is 1. The predicted octanol–water partition coefficient (Wildman–Crippen LogP) is 1.20. The van der Waals surface area contributed by atoms with E-state index in [4.69, 9.17) is 14.6 Å². The monoisotopic (exact) mass is 188 g/mol. The van der Waals surface area contributed by atoms with Gasteiger partial charge in [0.1, 0.15) is 6.10 Å². The number of hydrogen-bond acceptors (Lipinski definition) is 3. The van der Waals surface area contributed by atoms with Gasteiger partial charge >= 0.3 is 0 Å². The van der Waals surface area contributed by atoms with Crippen LogP contribution in [0, 0.1) is 5.92 Å². The van der Waals surface area contributed by atoms with Crippen molar-refractivity contribution in [1.29, 1.82) is 0 Å². The van der Waals surface area contributed by atoms with Gasteiger partial charge in [-0.25, -0.2) is 0 Å². The highest BCUT2D eigenvalue weighted by Gasteiger charge is 2.43. The second kappa shape index (κ2) is 5.58. The summed E-state index contributed by atoms with van der Waals surface area (Å²) in [6.45, 7) is 5.86. The lowest BCUT2D eigenvalue weighted by molar-refractivity contribution is 0.128. The summed E-state index contributed by atoms with van der Waals surface area (Å²) in [6.07, 6.45) is 2.55. The summed E-state index contributed by atoms with van der Waals surface area (Å²) < 4.78 is 10.8. The van der Waals surface area contributed by atoms with E-state index < -0.39 is 0 Å². The van der Waals surface area contributed by atoms with Gasteiger partial charge in [-0.1, -0.05) is 13.3 Å². The van der Waals surface area contributed by atoms with Crippen LogP contribution >= 0.6 is 0 Å². The number of rotatable bonds is 7. The van der Waals surface area contributed by atoms with Crippen LogP contribution in [0.5, 0.6) is 0 Å². The fraction of sp³-hybridized carbons (Fsp3) is 1.00. The molecule has 3 unspecified atom stereocenters. The van der Waals surface area contributed by atoms with Gasteiger partial charge in [-0.05, 0) is 19.3 Å². The molecule has 0 aliphatic carbocycles. The summed E-state index contributed by atoms with van der Waals surface area (Å²) in [5.74, 6) is 0.510. The van der Waals surface area contributed by atoms with E-state index in [1.165, 1.54) is 0 Å². The van der Waals surface area contributed by atoms with Crippen LogP contribution in [-0.4, -0.2) is 37.1 Å². The van der Waals surface area contributed by atoms with Crippen molar-refractivity contribution in [2.45, 2.75) is 38.9 Å². The third kappa shape index (κ3) is 3.25. The van der Waals surface area contributed by atoms with E-state index in [9.17, 15) is 0 Å². The highest BCUT2D eigenvalue weighted by molar-refractivity contribution is 4.89. The standard InChI is InChI=1S/C10H20O3/c1-3-8(5-6-11)10-9(13-10)7-12-4-2/h8-11H,3-7H2,1-2H3. The number of ether oxygens (including phenoxy) is 2. The summed E-state index contributed by atoms with van der Waals surface area (Å²) in [4.78, 5) is 0. The molecule has 0 amide bonds. The maximum Gasteiger partial charge on any atom is 0.108 e. The molecule has 0 radical (unpaired) electrons. The topological polar surface area (TPSA) is 42.0 Å². The van der Waals surface area contributed by atoms with Crippen LogP contribution in [-0.2, 0) is 9.47 Å². The summed E-state index contributed by atoms with van der Waals surface area (Å²) in [7, 11) is 0. The number of aliphatic hydroxyl groups excluding tert-OH is 1. The van der Waals surface area contributed by atoms with E-state index in [0.717, 1.165) is 19.4 Å². The third-order valence-corrected chi connectivity index (χ3v) is 2.60. The van der Waals surface area contributed by atoms with Gasteiger partial charge in [0.25, 0.3) is 0 Å². The predicted molar refractivity (Wildman–Crippen MR) is 50.6 cm³/mol. The lowest BCUT2D eigenvalue weighted by Crippen LogP contribution is -2.14. The Kier molecular flexibility index (Phi) is 4.70. The molecule has 0 aromatic rings. The Morgan fingerprint density at radius 3 is 2.77 bits per heavy atom. The normalized spacial score (nSPS) is 28.8. The summed E-state index contributed by atoms with van der Waals surface area (Å²) >= 11 is 0. The number of aliphatic hydroxyl groups is 1. The molecule has 3 atom stereocenters. The average Bonchev–Trinajstić information content (AvgIpc) is 2.90. The van der Waals surface area contributed by atoms with Crippen molar-refractivity contribution in [3.8, 4) is 0 Å². The van der Waals surface area contributed by atoms with Crippen molar-refractivity contribution in [3.05, 3.63) is 0 Å². The first-order valence-corrected chi connectivity index (χ1v) is 5.17. The molecule has 13 heavy (non-hydrogen) atoms. The second-order valence-corrected chi connectivity index (χ2v) is 3.48. The molecular formula is C10H20O3. The minimum absolute atomic E-state index is 0.264. The van der Waals surface area contributed by atoms with Crippen molar-refractivity contribution in [2.24, 2.45) is 5.92 Å². The summed E-state index contributed by atoms with van der Waals surface area (Å²) in [6, 6.07) is 0. The van der Waals surface area contributed by atoms with Crippen molar-refractivity contribution < 1.29 is 14.6 Å². The second-order valence-electron chi connectivity index (χ2n) is 3.48. The highest BCUT2D eigenvalue weighted by atomic mass is 16.6. The van der Waals surface area contributed by atoms with Crippen LogP contribution in [0.25, 0.3) is 0 Å². The highest BCUT2D eigenvalue weighted by Crippen LogP contribution is 2.33. The quantitative estimate of drug-likeness (QED) is 0.610. The van der Waals surface area contributed by atoms with Crippen LogP contribution in [0.3, 0.4) is 0 Å². The lowest BCUT2D eigenvalue weighted by Gasteiger charge is -2.09. The Morgan fingerprint density at radius 2 is 2.23 bits per heavy atom. The molecule has 0 spiro atoms. The van der Waals surface area contributed by atoms with Crippen molar-refractivity contribution in [1.82, 2.24) is 0 Å². The van der Waals surface area contributed by atoms with Crippen LogP contribution in [0.4, 0.5) is 0 Å². The van der Waals surface area contributed by atoms with E-state index in [-0.39, 0.29) is 12.7 Å². The molecule has 1 aliphatic heterocycles. The van der Waals surface area contributed by atoms with Crippen LogP contribution in [0.2, 0.25) is 0 Å². The molecule has 3 nitrogen and oxygen atoms in total. The van der Waals surface area contributed by atoms with Gasteiger partial charge in [-0.2, -0.15) is 0 Å². The molecular weight excluding hydrogens is 168 g/mol. The first-order valence-electron chi connectivity index (χ1n) is 5.17. The van der Waals surface area contributed by atoms with Crippen LogP contribution in [0.15, 0.2) is 0 Å². The summed E-state index contributed by atoms with van der Waals surface area (Å²) in [5, 5.41) is 8.82. The molecule has 0 aromatic carbocycles. The molecule has 1 N–H and O–H groups in total. The van der Waals surface area contributed by atoms with E-state index in [1.807, 2.05) is 6.92 Å². The minimum Gasteiger partial charge on any atom is -0.396 e. The lowest BCUT2D eigenvalue weighted by atomic mass is 9.97. The maximum atomic E-state index is 8.82. The Morgan fingerprint density at radius 1 is 1.46 bits per heavy atom. The Balaban J connectivity index is 2.15. The minimum atomic E-state index is 0.264. The zero-order chi connectivity index (χ0) is 9.68. The van der Waals surface area contributed by atoms with E-state index in [0.29, 0.717) is 18.6 Å². The van der Waals surface area contributed by atoms with Crippen molar-refractivity contribution in [3.63, 3.8) is 0 Å². The molecule has 0 aromatic heterocycles. The maximum absolute atomic E-state index is 8.82. The first-order chi connectivity index (χ1) is 6.33. The van der Waals surface area contributed by atoms with Gasteiger partial charge in [0.2, 0.25) is 0 Å². The first kappa shape index (κ1) is 11.0. The average molecular weight is 188 g/mol. The molecule has 1 rings (SSSR count). The van der Waals surface area contributed by atoms with E-state index in [2.05, 4.69) is 6.92 Å². The Hall–Kier alpha value is -0.120. The van der Waals surface area contributed by atoms with Crippen LogP contribution in [0.1, 0.15) is 26.7 Å². The summed E-state index contributed by atoms with van der Waals surface area (Å²) in [5.41, 5.74) is 0. The van der Waals surface area contributed by atoms with Crippen LogP contribution < -0.4 is 0 Å². The molecule has 1 saturated heterocycles. The Bertz CT molecular complexity index is 138. The largest absolute Gasteiger partial charge is 0.396 e. The number of epoxide rings is 1.